The monoisotopic (exact) mass is 460 g/mol. The highest BCUT2D eigenvalue weighted by Gasteiger charge is 2.20. The molecule has 0 aliphatic carbocycles. The third-order valence-electron chi connectivity index (χ3n) is 5.41. The average Bonchev–Trinajstić information content (AvgIpc) is 2.87. The van der Waals surface area contributed by atoms with Gasteiger partial charge in [-0.3, -0.25) is 9.59 Å². The van der Waals surface area contributed by atoms with Gasteiger partial charge in [-0.1, -0.05) is 6.07 Å². The van der Waals surface area contributed by atoms with Crippen molar-refractivity contribution >= 4 is 16.8 Å². The predicted octanol–water partition coefficient (Wildman–Crippen LogP) is 5.06. The highest BCUT2D eigenvalue weighted by molar-refractivity contribution is 5.98. The average molecular weight is 460 g/mol. The SMILES string of the molecule is COc1ccc(-c2oc3cc(C)ccc3c(=O)c2OCC(=O)c2ccc(OC)c(OC)c2)cc1. The molecule has 0 aliphatic rings. The van der Waals surface area contributed by atoms with Gasteiger partial charge in [0.25, 0.3) is 0 Å². The fraction of sp³-hybridized carbons (Fsp3) is 0.185. The molecule has 0 atom stereocenters. The zero-order valence-electron chi connectivity index (χ0n) is 19.3. The molecule has 34 heavy (non-hydrogen) atoms. The molecule has 4 rings (SSSR count). The summed E-state index contributed by atoms with van der Waals surface area (Å²) in [6.45, 7) is 1.56. The Morgan fingerprint density at radius 2 is 1.59 bits per heavy atom. The van der Waals surface area contributed by atoms with Crippen LogP contribution in [0.15, 0.2) is 69.9 Å². The second-order valence-corrected chi connectivity index (χ2v) is 7.60. The first kappa shape index (κ1) is 22.9. The number of Topliss-reactive ketones (excluding diaryl/α,β-unsaturated/α-hetero) is 1. The summed E-state index contributed by atoms with van der Waals surface area (Å²) < 4.78 is 27.6. The first-order valence-corrected chi connectivity index (χ1v) is 10.5. The van der Waals surface area contributed by atoms with E-state index in [1.54, 1.807) is 61.7 Å². The molecule has 174 valence electrons. The number of ether oxygens (including phenoxy) is 4. The molecule has 0 saturated heterocycles. The van der Waals surface area contributed by atoms with E-state index in [1.165, 1.54) is 14.2 Å². The van der Waals surface area contributed by atoms with Crippen LogP contribution in [-0.4, -0.2) is 33.7 Å². The predicted molar refractivity (Wildman–Crippen MR) is 129 cm³/mol. The van der Waals surface area contributed by atoms with Crippen LogP contribution in [0.25, 0.3) is 22.3 Å². The molecule has 0 aliphatic heterocycles. The number of rotatable bonds is 8. The third kappa shape index (κ3) is 4.45. The van der Waals surface area contributed by atoms with Gasteiger partial charge in [0.2, 0.25) is 11.2 Å². The van der Waals surface area contributed by atoms with Crippen molar-refractivity contribution in [2.24, 2.45) is 0 Å². The van der Waals surface area contributed by atoms with E-state index in [0.29, 0.717) is 39.3 Å². The second kappa shape index (κ2) is 9.70. The lowest BCUT2D eigenvalue weighted by Crippen LogP contribution is -2.17. The Balaban J connectivity index is 1.73. The molecular weight excluding hydrogens is 436 g/mol. The molecule has 7 heteroatoms. The summed E-state index contributed by atoms with van der Waals surface area (Å²) in [6.07, 6.45) is 0. The van der Waals surface area contributed by atoms with Gasteiger partial charge in [0.15, 0.2) is 29.6 Å². The van der Waals surface area contributed by atoms with Crippen LogP contribution in [0.1, 0.15) is 15.9 Å². The van der Waals surface area contributed by atoms with E-state index in [9.17, 15) is 9.59 Å². The molecule has 0 spiro atoms. The van der Waals surface area contributed by atoms with Crippen LogP contribution in [0.5, 0.6) is 23.0 Å². The van der Waals surface area contributed by atoms with E-state index < -0.39 is 0 Å². The summed E-state index contributed by atoms with van der Waals surface area (Å²) in [5.41, 5.74) is 2.02. The quantitative estimate of drug-likeness (QED) is 0.340. The fourth-order valence-electron chi connectivity index (χ4n) is 3.58. The molecule has 0 amide bonds. The molecule has 3 aromatic carbocycles. The maximum atomic E-state index is 13.3. The lowest BCUT2D eigenvalue weighted by molar-refractivity contribution is 0.0920. The number of ketones is 1. The van der Waals surface area contributed by atoms with Crippen LogP contribution in [0.2, 0.25) is 0 Å². The van der Waals surface area contributed by atoms with Gasteiger partial charge in [-0.2, -0.15) is 0 Å². The Hall–Kier alpha value is -4.26. The van der Waals surface area contributed by atoms with Gasteiger partial charge in [0, 0.05) is 11.1 Å². The number of fused-ring (bicyclic) bond motifs is 1. The fourth-order valence-corrected chi connectivity index (χ4v) is 3.58. The second-order valence-electron chi connectivity index (χ2n) is 7.60. The topological polar surface area (TPSA) is 84.2 Å². The minimum absolute atomic E-state index is 0.0321. The van der Waals surface area contributed by atoms with Crippen LogP contribution in [-0.2, 0) is 0 Å². The number of carbonyl (C=O) groups is 1. The van der Waals surface area contributed by atoms with Crippen molar-refractivity contribution in [1.82, 2.24) is 0 Å². The molecule has 0 fully saturated rings. The normalized spacial score (nSPS) is 10.7. The zero-order chi connectivity index (χ0) is 24.2. The van der Waals surface area contributed by atoms with Crippen molar-refractivity contribution in [3.8, 4) is 34.3 Å². The Kier molecular flexibility index (Phi) is 6.54. The van der Waals surface area contributed by atoms with E-state index in [-0.39, 0.29) is 29.3 Å². The van der Waals surface area contributed by atoms with Crippen LogP contribution in [0.4, 0.5) is 0 Å². The standard InChI is InChI=1S/C27H24O7/c1-16-5-11-20-23(13-16)34-26(17-6-9-19(30-2)10-7-17)27(25(20)29)33-15-21(28)18-8-12-22(31-3)24(14-18)32-4/h5-14H,15H2,1-4H3. The smallest absolute Gasteiger partial charge is 0.235 e. The summed E-state index contributed by atoms with van der Waals surface area (Å²) in [5.74, 6) is 1.47. The summed E-state index contributed by atoms with van der Waals surface area (Å²) in [6, 6.07) is 17.2. The van der Waals surface area contributed by atoms with E-state index in [4.69, 9.17) is 23.4 Å². The van der Waals surface area contributed by atoms with Gasteiger partial charge in [-0.15, -0.1) is 0 Å². The lowest BCUT2D eigenvalue weighted by atomic mass is 10.1. The van der Waals surface area contributed by atoms with Crippen LogP contribution >= 0.6 is 0 Å². The van der Waals surface area contributed by atoms with Gasteiger partial charge in [-0.05, 0) is 67.1 Å². The van der Waals surface area contributed by atoms with Gasteiger partial charge < -0.3 is 23.4 Å². The maximum Gasteiger partial charge on any atom is 0.235 e. The van der Waals surface area contributed by atoms with E-state index in [2.05, 4.69) is 0 Å². The molecular formula is C27H24O7. The third-order valence-corrected chi connectivity index (χ3v) is 5.41. The summed E-state index contributed by atoms with van der Waals surface area (Å²) in [5, 5.41) is 0.372. The Morgan fingerprint density at radius 3 is 2.26 bits per heavy atom. The minimum atomic E-state index is -0.360. The molecule has 4 aromatic rings. The molecule has 0 unspecified atom stereocenters. The van der Waals surface area contributed by atoms with Crippen molar-refractivity contribution in [3.63, 3.8) is 0 Å². The van der Waals surface area contributed by atoms with Crippen LogP contribution < -0.4 is 24.4 Å². The molecule has 7 nitrogen and oxygen atoms in total. The number of benzene rings is 3. The van der Waals surface area contributed by atoms with Crippen molar-refractivity contribution in [3.05, 3.63) is 82.0 Å². The van der Waals surface area contributed by atoms with E-state index in [0.717, 1.165) is 5.56 Å². The molecule has 0 saturated carbocycles. The Bertz CT molecular complexity index is 1400. The van der Waals surface area contributed by atoms with Crippen molar-refractivity contribution in [2.75, 3.05) is 27.9 Å². The maximum absolute atomic E-state index is 13.3. The molecule has 0 radical (unpaired) electrons. The highest BCUT2D eigenvalue weighted by Crippen LogP contribution is 2.33. The number of carbonyl (C=O) groups excluding carboxylic acids is 1. The number of aryl methyl sites for hydroxylation is 1. The van der Waals surface area contributed by atoms with Gasteiger partial charge >= 0.3 is 0 Å². The number of hydrogen-bond donors (Lipinski definition) is 0. The van der Waals surface area contributed by atoms with Gasteiger partial charge in [0.1, 0.15) is 11.3 Å². The van der Waals surface area contributed by atoms with E-state index in [1.807, 2.05) is 13.0 Å². The zero-order valence-corrected chi connectivity index (χ0v) is 19.3. The lowest BCUT2D eigenvalue weighted by Gasteiger charge is -2.13. The largest absolute Gasteiger partial charge is 0.497 e. The van der Waals surface area contributed by atoms with E-state index >= 15 is 0 Å². The summed E-state index contributed by atoms with van der Waals surface area (Å²) in [7, 11) is 4.58. The van der Waals surface area contributed by atoms with Crippen LogP contribution in [0, 0.1) is 6.92 Å². The van der Waals surface area contributed by atoms with Gasteiger partial charge in [-0.25, -0.2) is 0 Å². The molecule has 1 aromatic heterocycles. The Morgan fingerprint density at radius 1 is 0.853 bits per heavy atom. The van der Waals surface area contributed by atoms with Gasteiger partial charge in [0.05, 0.1) is 26.7 Å². The molecule has 0 N–H and O–H groups in total. The van der Waals surface area contributed by atoms with Crippen molar-refractivity contribution in [2.45, 2.75) is 6.92 Å². The first-order valence-electron chi connectivity index (χ1n) is 10.5. The minimum Gasteiger partial charge on any atom is -0.497 e. The van der Waals surface area contributed by atoms with Crippen molar-refractivity contribution < 1.29 is 28.2 Å². The molecule has 0 bridgehead atoms. The number of methoxy groups -OCH3 is 3. The number of hydrogen-bond acceptors (Lipinski definition) is 7. The van der Waals surface area contributed by atoms with Crippen LogP contribution in [0.3, 0.4) is 0 Å². The highest BCUT2D eigenvalue weighted by atomic mass is 16.5. The van der Waals surface area contributed by atoms with Crippen molar-refractivity contribution in [1.29, 1.82) is 0 Å². The Labute approximate surface area is 196 Å². The molecule has 1 heterocycles. The first-order chi connectivity index (χ1) is 16.4. The summed E-state index contributed by atoms with van der Waals surface area (Å²) in [4.78, 5) is 26.2. The summed E-state index contributed by atoms with van der Waals surface area (Å²) >= 11 is 0.